The molecule has 1 N–H and O–H groups in total. The summed E-state index contributed by atoms with van der Waals surface area (Å²) in [5.41, 5.74) is 0.212. The summed E-state index contributed by atoms with van der Waals surface area (Å²) in [6.45, 7) is 0.0891. The maximum atomic E-state index is 13.1. The van der Waals surface area contributed by atoms with Gasteiger partial charge in [-0.2, -0.15) is 24.5 Å². The topological polar surface area (TPSA) is 49.4 Å². The highest BCUT2D eigenvalue weighted by Gasteiger charge is 2.35. The predicted molar refractivity (Wildman–Crippen MR) is 91.4 cm³/mol. The molecule has 0 bridgehead atoms. The van der Waals surface area contributed by atoms with Gasteiger partial charge in [-0.05, 0) is 34.0 Å². The Labute approximate surface area is 152 Å². The van der Waals surface area contributed by atoms with E-state index < -0.39 is 11.7 Å². The van der Waals surface area contributed by atoms with Crippen LogP contribution in [0.5, 0.6) is 0 Å². The van der Waals surface area contributed by atoms with Gasteiger partial charge in [0.2, 0.25) is 11.8 Å². The second-order valence-corrected chi connectivity index (χ2v) is 6.99. The van der Waals surface area contributed by atoms with Crippen LogP contribution in [0.15, 0.2) is 41.1 Å². The molecule has 1 aromatic carbocycles. The maximum absolute atomic E-state index is 13.1. The number of likely N-dealkylation sites (tertiary alicyclic amines) is 1. The van der Waals surface area contributed by atoms with Crippen molar-refractivity contribution in [2.45, 2.75) is 31.6 Å². The molecule has 138 valence electrons. The normalized spacial score (nSPS) is 17.6. The summed E-state index contributed by atoms with van der Waals surface area (Å²) in [5.74, 6) is -0.457. The highest BCUT2D eigenvalue weighted by atomic mass is 32.1. The van der Waals surface area contributed by atoms with Crippen LogP contribution < -0.4 is 5.32 Å². The van der Waals surface area contributed by atoms with Crippen molar-refractivity contribution in [2.24, 2.45) is 0 Å². The lowest BCUT2D eigenvalue weighted by Gasteiger charge is -2.20. The van der Waals surface area contributed by atoms with E-state index in [-0.39, 0.29) is 49.4 Å². The number of hydrogen-bond donors (Lipinski definition) is 1. The van der Waals surface area contributed by atoms with Crippen molar-refractivity contribution in [1.29, 1.82) is 0 Å². The molecule has 0 spiro atoms. The van der Waals surface area contributed by atoms with Crippen LogP contribution in [0.4, 0.5) is 13.2 Å². The molecule has 1 aliphatic rings. The van der Waals surface area contributed by atoms with Gasteiger partial charge in [-0.1, -0.05) is 18.2 Å². The fourth-order valence-electron chi connectivity index (χ4n) is 3.02. The molecule has 0 saturated carbocycles. The van der Waals surface area contributed by atoms with Crippen molar-refractivity contribution in [2.75, 3.05) is 6.54 Å². The molecule has 1 aromatic heterocycles. The Balaban J connectivity index is 1.61. The molecular weight excluding hydrogens is 365 g/mol. The first kappa shape index (κ1) is 18.4. The van der Waals surface area contributed by atoms with E-state index in [4.69, 9.17) is 0 Å². The van der Waals surface area contributed by atoms with Gasteiger partial charge >= 0.3 is 6.18 Å². The lowest BCUT2D eigenvalue weighted by molar-refractivity contribution is -0.139. The fourth-order valence-corrected chi connectivity index (χ4v) is 3.69. The molecular formula is C18H17F3N2O2S. The molecule has 2 amide bonds. The van der Waals surface area contributed by atoms with Gasteiger partial charge in [0.15, 0.2) is 0 Å². The molecule has 0 aliphatic carbocycles. The standard InChI is InChI=1S/C18H17F3N2O2S/c19-18(20,21)15-4-2-1-3-13(15)9-23-10-14(8-17(23)25)22-16(24)7-12-5-6-26-11-12/h1-6,11,14H,7-10H2,(H,22,24). The third-order valence-corrected chi connectivity index (χ3v) is 4.94. The van der Waals surface area contributed by atoms with E-state index in [2.05, 4.69) is 5.32 Å². The van der Waals surface area contributed by atoms with Gasteiger partial charge in [0.05, 0.1) is 18.0 Å². The van der Waals surface area contributed by atoms with Gasteiger partial charge in [0.1, 0.15) is 0 Å². The maximum Gasteiger partial charge on any atom is 0.416 e. The minimum Gasteiger partial charge on any atom is -0.351 e. The van der Waals surface area contributed by atoms with Crippen LogP contribution in [0.25, 0.3) is 0 Å². The average Bonchev–Trinajstić information content (AvgIpc) is 3.17. The van der Waals surface area contributed by atoms with Crippen molar-refractivity contribution >= 4 is 23.2 Å². The van der Waals surface area contributed by atoms with Crippen LogP contribution in [-0.2, 0) is 28.7 Å². The average molecular weight is 382 g/mol. The Morgan fingerprint density at radius 3 is 2.73 bits per heavy atom. The Hall–Kier alpha value is -2.35. The molecule has 26 heavy (non-hydrogen) atoms. The summed E-state index contributed by atoms with van der Waals surface area (Å²) in [7, 11) is 0. The summed E-state index contributed by atoms with van der Waals surface area (Å²) in [6, 6.07) is 6.70. The number of nitrogens with zero attached hydrogens (tertiary/aromatic N) is 1. The third-order valence-electron chi connectivity index (χ3n) is 4.21. The number of thiophene rings is 1. The first-order chi connectivity index (χ1) is 12.3. The summed E-state index contributed by atoms with van der Waals surface area (Å²) in [6.07, 6.45) is -4.14. The van der Waals surface area contributed by atoms with Gasteiger partial charge in [-0.15, -0.1) is 0 Å². The van der Waals surface area contributed by atoms with E-state index in [0.29, 0.717) is 0 Å². The van der Waals surface area contributed by atoms with Crippen LogP contribution in [0, 0.1) is 0 Å². The highest BCUT2D eigenvalue weighted by Crippen LogP contribution is 2.32. The Kier molecular flexibility index (Phi) is 5.31. The number of nitrogens with one attached hydrogen (secondary N) is 1. The molecule has 1 aliphatic heterocycles. The molecule has 1 fully saturated rings. The second-order valence-electron chi connectivity index (χ2n) is 6.21. The monoisotopic (exact) mass is 382 g/mol. The van der Waals surface area contributed by atoms with Gasteiger partial charge in [0.25, 0.3) is 0 Å². The SMILES string of the molecule is O=C(Cc1ccsc1)NC1CC(=O)N(Cc2ccccc2C(F)(F)F)C1. The molecule has 2 heterocycles. The molecule has 0 radical (unpaired) electrons. The summed E-state index contributed by atoms with van der Waals surface area (Å²) in [4.78, 5) is 25.5. The highest BCUT2D eigenvalue weighted by molar-refractivity contribution is 7.08. The zero-order valence-electron chi connectivity index (χ0n) is 13.8. The molecule has 2 aromatic rings. The van der Waals surface area contributed by atoms with Crippen molar-refractivity contribution in [3.63, 3.8) is 0 Å². The number of carbonyl (C=O) groups excluding carboxylic acids is 2. The molecule has 3 rings (SSSR count). The van der Waals surface area contributed by atoms with Crippen molar-refractivity contribution in [3.8, 4) is 0 Å². The van der Waals surface area contributed by atoms with Crippen molar-refractivity contribution in [3.05, 3.63) is 57.8 Å². The Morgan fingerprint density at radius 1 is 1.27 bits per heavy atom. The quantitative estimate of drug-likeness (QED) is 0.863. The third kappa shape index (κ3) is 4.43. The lowest BCUT2D eigenvalue weighted by atomic mass is 10.1. The molecule has 1 unspecified atom stereocenters. The molecule has 8 heteroatoms. The van der Waals surface area contributed by atoms with E-state index in [1.54, 1.807) is 0 Å². The van der Waals surface area contributed by atoms with Gasteiger partial charge in [-0.25, -0.2) is 0 Å². The second kappa shape index (κ2) is 7.49. The zero-order chi connectivity index (χ0) is 18.7. The fraction of sp³-hybridized carbons (Fsp3) is 0.333. The molecule has 1 atom stereocenters. The minimum atomic E-state index is -4.46. The first-order valence-corrected chi connectivity index (χ1v) is 9.00. The summed E-state index contributed by atoms with van der Waals surface area (Å²) < 4.78 is 39.3. The van der Waals surface area contributed by atoms with E-state index in [1.165, 1.54) is 34.4 Å². The van der Waals surface area contributed by atoms with Gasteiger partial charge < -0.3 is 10.2 Å². The zero-order valence-corrected chi connectivity index (χ0v) is 14.6. The number of amides is 2. The van der Waals surface area contributed by atoms with Crippen LogP contribution in [0.3, 0.4) is 0 Å². The van der Waals surface area contributed by atoms with Crippen LogP contribution in [0.1, 0.15) is 23.1 Å². The summed E-state index contributed by atoms with van der Waals surface area (Å²) in [5, 5.41) is 6.54. The van der Waals surface area contributed by atoms with Crippen LogP contribution in [-0.4, -0.2) is 29.3 Å². The number of rotatable bonds is 5. The Bertz CT molecular complexity index is 790. The smallest absolute Gasteiger partial charge is 0.351 e. The minimum absolute atomic E-state index is 0.0543. The van der Waals surface area contributed by atoms with E-state index in [0.717, 1.165) is 11.6 Å². The first-order valence-electron chi connectivity index (χ1n) is 8.06. The van der Waals surface area contributed by atoms with Crippen LogP contribution in [0.2, 0.25) is 0 Å². The number of halogens is 3. The largest absolute Gasteiger partial charge is 0.416 e. The molecule has 1 saturated heterocycles. The van der Waals surface area contributed by atoms with E-state index >= 15 is 0 Å². The number of alkyl halides is 3. The van der Waals surface area contributed by atoms with Crippen molar-refractivity contribution in [1.82, 2.24) is 10.2 Å². The van der Waals surface area contributed by atoms with Gasteiger partial charge in [-0.3, -0.25) is 9.59 Å². The lowest BCUT2D eigenvalue weighted by Crippen LogP contribution is -2.37. The predicted octanol–water partition coefficient (Wildman–Crippen LogP) is 3.23. The van der Waals surface area contributed by atoms with Crippen LogP contribution >= 0.6 is 11.3 Å². The molecule has 4 nitrogen and oxygen atoms in total. The number of hydrogen-bond acceptors (Lipinski definition) is 3. The van der Waals surface area contributed by atoms with Crippen molar-refractivity contribution < 1.29 is 22.8 Å². The summed E-state index contributed by atoms with van der Waals surface area (Å²) >= 11 is 1.50. The van der Waals surface area contributed by atoms with E-state index in [1.807, 2.05) is 16.8 Å². The number of carbonyl (C=O) groups is 2. The van der Waals surface area contributed by atoms with E-state index in [9.17, 15) is 22.8 Å². The Morgan fingerprint density at radius 2 is 2.04 bits per heavy atom. The van der Waals surface area contributed by atoms with Gasteiger partial charge in [0, 0.05) is 19.5 Å². The number of benzene rings is 1.